The summed E-state index contributed by atoms with van der Waals surface area (Å²) in [5, 5.41) is 0.711. The third-order valence-electron chi connectivity index (χ3n) is 4.61. The van der Waals surface area contributed by atoms with Gasteiger partial charge in [0, 0.05) is 11.6 Å². The van der Waals surface area contributed by atoms with Crippen molar-refractivity contribution in [2.24, 2.45) is 11.3 Å². The molecule has 6 heteroatoms. The summed E-state index contributed by atoms with van der Waals surface area (Å²) in [4.78, 5) is 16.7. The molecular weight excluding hydrogens is 312 g/mol. The number of rotatable bonds is 5. The van der Waals surface area contributed by atoms with Crippen LogP contribution in [0.1, 0.15) is 19.8 Å². The Morgan fingerprint density at radius 1 is 1.43 bits per heavy atom. The molecule has 2 atom stereocenters. The van der Waals surface area contributed by atoms with E-state index in [1.165, 1.54) is 12.3 Å². The Balaban J connectivity index is 1.96. The van der Waals surface area contributed by atoms with Gasteiger partial charge >= 0.3 is 0 Å². The first-order valence-corrected chi connectivity index (χ1v) is 8.96. The number of hydrogen-bond donors (Lipinski definition) is 1. The predicted molar refractivity (Wildman–Crippen MR) is 88.1 cm³/mol. The molecular formula is C17H18N2O3S. The van der Waals surface area contributed by atoms with Gasteiger partial charge in [0.25, 0.3) is 10.0 Å². The highest BCUT2D eigenvalue weighted by Gasteiger charge is 2.57. The van der Waals surface area contributed by atoms with Crippen molar-refractivity contribution in [3.63, 3.8) is 0 Å². The Bertz CT molecular complexity index is 886. The summed E-state index contributed by atoms with van der Waals surface area (Å²) in [5.74, 6) is -0.425. The molecule has 1 aromatic carbocycles. The van der Waals surface area contributed by atoms with Crippen LogP contribution in [0.2, 0.25) is 0 Å². The average Bonchev–Trinajstić information content (AvgIpc) is 3.29. The molecule has 1 aromatic heterocycles. The molecule has 1 saturated carbocycles. The number of amides is 1. The summed E-state index contributed by atoms with van der Waals surface area (Å²) >= 11 is 0. The third-order valence-corrected chi connectivity index (χ3v) is 5.98. The molecule has 120 valence electrons. The number of nitrogens with zero attached hydrogens (tertiary/aromatic N) is 1. The van der Waals surface area contributed by atoms with Crippen molar-refractivity contribution >= 4 is 26.8 Å². The molecule has 0 unspecified atom stereocenters. The van der Waals surface area contributed by atoms with Crippen LogP contribution in [0.4, 0.5) is 0 Å². The Hall–Kier alpha value is -2.21. The first kappa shape index (κ1) is 15.7. The Morgan fingerprint density at radius 2 is 2.17 bits per heavy atom. The van der Waals surface area contributed by atoms with Crippen LogP contribution < -0.4 is 4.72 Å². The van der Waals surface area contributed by atoms with Gasteiger partial charge in [0.05, 0.1) is 10.9 Å². The zero-order valence-electron chi connectivity index (χ0n) is 12.8. The van der Waals surface area contributed by atoms with E-state index in [2.05, 4.69) is 16.3 Å². The number of aromatic nitrogens is 1. The second kappa shape index (κ2) is 5.45. The monoisotopic (exact) mass is 330 g/mol. The normalized spacial score (nSPS) is 23.4. The molecule has 1 aliphatic carbocycles. The van der Waals surface area contributed by atoms with E-state index in [1.54, 1.807) is 30.3 Å². The second-order valence-corrected chi connectivity index (χ2v) is 7.47. The molecule has 0 bridgehead atoms. The zero-order valence-corrected chi connectivity index (χ0v) is 13.6. The highest BCUT2D eigenvalue weighted by molar-refractivity contribution is 7.90. The van der Waals surface area contributed by atoms with Gasteiger partial charge in [0.15, 0.2) is 0 Å². The topological polar surface area (TPSA) is 76.1 Å². The maximum Gasteiger partial charge on any atom is 0.266 e. The average molecular weight is 330 g/mol. The van der Waals surface area contributed by atoms with Crippen LogP contribution in [0.3, 0.4) is 0 Å². The minimum Gasteiger partial charge on any atom is -0.273 e. The van der Waals surface area contributed by atoms with E-state index in [1.807, 2.05) is 6.92 Å². The van der Waals surface area contributed by atoms with Crippen LogP contribution in [0.5, 0.6) is 0 Å². The number of carbonyl (C=O) groups excluding carboxylic acids is 1. The number of hydrogen-bond acceptors (Lipinski definition) is 4. The highest BCUT2D eigenvalue weighted by Crippen LogP contribution is 2.56. The minimum atomic E-state index is -3.97. The zero-order chi connectivity index (χ0) is 16.7. The van der Waals surface area contributed by atoms with Crippen molar-refractivity contribution in [2.75, 3.05) is 0 Å². The van der Waals surface area contributed by atoms with E-state index in [4.69, 9.17) is 0 Å². The van der Waals surface area contributed by atoms with Gasteiger partial charge in [0.1, 0.15) is 4.90 Å². The van der Waals surface area contributed by atoms with Crippen LogP contribution in [0, 0.1) is 11.3 Å². The van der Waals surface area contributed by atoms with Gasteiger partial charge in [-0.15, -0.1) is 6.58 Å². The third kappa shape index (κ3) is 2.53. The summed E-state index contributed by atoms with van der Waals surface area (Å²) in [6.07, 6.45) is 4.47. The van der Waals surface area contributed by atoms with Gasteiger partial charge in [-0.2, -0.15) is 0 Å². The van der Waals surface area contributed by atoms with E-state index in [0.717, 1.165) is 0 Å². The summed E-state index contributed by atoms with van der Waals surface area (Å²) in [7, 11) is -3.97. The van der Waals surface area contributed by atoms with Crippen molar-refractivity contribution in [2.45, 2.75) is 24.7 Å². The summed E-state index contributed by atoms with van der Waals surface area (Å²) in [6, 6.07) is 8.41. The molecule has 1 amide bonds. The molecule has 0 aliphatic heterocycles. The summed E-state index contributed by atoms with van der Waals surface area (Å²) in [5.41, 5.74) is -0.288. The molecule has 23 heavy (non-hydrogen) atoms. The molecule has 0 radical (unpaired) electrons. The molecule has 3 rings (SSSR count). The van der Waals surface area contributed by atoms with Gasteiger partial charge < -0.3 is 0 Å². The van der Waals surface area contributed by atoms with Crippen molar-refractivity contribution in [3.8, 4) is 0 Å². The quantitative estimate of drug-likeness (QED) is 0.855. The fourth-order valence-electron chi connectivity index (χ4n) is 3.04. The largest absolute Gasteiger partial charge is 0.273 e. The first-order chi connectivity index (χ1) is 10.9. The minimum absolute atomic E-state index is 0.0195. The van der Waals surface area contributed by atoms with Crippen LogP contribution in [-0.4, -0.2) is 19.3 Å². The number of benzene rings is 1. The van der Waals surface area contributed by atoms with Crippen molar-refractivity contribution in [3.05, 3.63) is 49.2 Å². The van der Waals surface area contributed by atoms with E-state index in [-0.39, 0.29) is 10.8 Å². The Labute approximate surface area is 135 Å². The smallest absolute Gasteiger partial charge is 0.266 e. The van der Waals surface area contributed by atoms with Crippen LogP contribution in [0.25, 0.3) is 10.9 Å². The van der Waals surface area contributed by atoms with Gasteiger partial charge in [-0.25, -0.2) is 13.1 Å². The Morgan fingerprint density at radius 3 is 2.83 bits per heavy atom. The summed E-state index contributed by atoms with van der Waals surface area (Å²) in [6.45, 7) is 5.59. The van der Waals surface area contributed by atoms with Crippen molar-refractivity contribution in [1.29, 1.82) is 0 Å². The number of carbonyl (C=O) groups is 1. The number of allylic oxidation sites excluding steroid dienone is 1. The molecule has 2 aromatic rings. The molecule has 1 aliphatic rings. The maximum absolute atomic E-state index is 12.6. The lowest BCUT2D eigenvalue weighted by molar-refractivity contribution is -0.124. The van der Waals surface area contributed by atoms with E-state index >= 15 is 0 Å². The highest BCUT2D eigenvalue weighted by atomic mass is 32.2. The first-order valence-electron chi connectivity index (χ1n) is 7.48. The fourth-order valence-corrected chi connectivity index (χ4v) is 4.28. The molecule has 5 nitrogen and oxygen atoms in total. The fraction of sp³-hybridized carbons (Fsp3) is 0.294. The lowest BCUT2D eigenvalue weighted by atomic mass is 10.00. The molecule has 0 saturated heterocycles. The number of nitrogens with one attached hydrogen (secondary N) is 1. The Kier molecular flexibility index (Phi) is 3.72. The standard InChI is InChI=1S/C17H18N2O3S/c1-3-13-11-17(13,4-2)16(20)19-23(21,22)14-9-5-7-12-8-6-10-18-15(12)14/h3,5-10,13H,1,4,11H2,2H3,(H,19,20)/t13-,17+/m1/s1. The van der Waals surface area contributed by atoms with E-state index < -0.39 is 21.3 Å². The molecule has 1 fully saturated rings. The van der Waals surface area contributed by atoms with E-state index in [9.17, 15) is 13.2 Å². The molecule has 0 spiro atoms. The molecule has 1 heterocycles. The van der Waals surface area contributed by atoms with Gasteiger partial charge in [-0.1, -0.05) is 31.2 Å². The number of para-hydroxylation sites is 1. The van der Waals surface area contributed by atoms with Gasteiger partial charge in [-0.3, -0.25) is 9.78 Å². The number of sulfonamides is 1. The van der Waals surface area contributed by atoms with Crippen molar-refractivity contribution in [1.82, 2.24) is 9.71 Å². The predicted octanol–water partition coefficient (Wildman–Crippen LogP) is 2.64. The lowest BCUT2D eigenvalue weighted by Gasteiger charge is -2.15. The lowest BCUT2D eigenvalue weighted by Crippen LogP contribution is -2.37. The number of pyridine rings is 1. The van der Waals surface area contributed by atoms with Gasteiger partial charge in [-0.05, 0) is 30.9 Å². The van der Waals surface area contributed by atoms with Crippen LogP contribution in [0.15, 0.2) is 54.1 Å². The molecule has 1 N–H and O–H groups in total. The second-order valence-electron chi connectivity index (χ2n) is 5.82. The maximum atomic E-state index is 12.6. The SMILES string of the molecule is C=C[C@@H]1C[C@]1(CC)C(=O)NS(=O)(=O)c1cccc2cccnc12. The van der Waals surface area contributed by atoms with Gasteiger partial charge in [0.2, 0.25) is 5.91 Å². The van der Waals surface area contributed by atoms with Crippen LogP contribution >= 0.6 is 0 Å². The number of fused-ring (bicyclic) bond motifs is 1. The van der Waals surface area contributed by atoms with Crippen molar-refractivity contribution < 1.29 is 13.2 Å². The van der Waals surface area contributed by atoms with E-state index in [0.29, 0.717) is 23.7 Å². The van der Waals surface area contributed by atoms with Crippen LogP contribution in [-0.2, 0) is 14.8 Å². The summed E-state index contributed by atoms with van der Waals surface area (Å²) < 4.78 is 27.5.